The molecule has 7 heteroatoms. The van der Waals surface area contributed by atoms with Crippen molar-refractivity contribution in [3.8, 4) is 11.3 Å². The lowest BCUT2D eigenvalue weighted by Crippen LogP contribution is -2.57. The summed E-state index contributed by atoms with van der Waals surface area (Å²) in [5.74, 6) is 1.06. The fraction of sp³-hybridized carbons (Fsp3) is 0.556. The van der Waals surface area contributed by atoms with Crippen LogP contribution in [0, 0.1) is 6.92 Å². The maximum atomic E-state index is 6.27. The highest BCUT2D eigenvalue weighted by molar-refractivity contribution is 7.19. The highest BCUT2D eigenvalue weighted by Gasteiger charge is 2.49. The summed E-state index contributed by atoms with van der Waals surface area (Å²) >= 11 is 1.98. The van der Waals surface area contributed by atoms with Crippen molar-refractivity contribution in [3.05, 3.63) is 39.7 Å². The summed E-state index contributed by atoms with van der Waals surface area (Å²) in [6.45, 7) is 10.0. The van der Waals surface area contributed by atoms with Crippen molar-refractivity contribution >= 4 is 27.2 Å². The Kier molecular flexibility index (Phi) is 4.58. The maximum Gasteiger partial charge on any atom is 0.158 e. The van der Waals surface area contributed by atoms with Gasteiger partial charge in [0, 0.05) is 40.7 Å². The third kappa shape index (κ3) is 2.93. The molecular weight excluding hydrogens is 442 g/mol. The van der Waals surface area contributed by atoms with E-state index in [9.17, 15) is 0 Å². The molecule has 7 rings (SSSR count). The molecule has 0 amide bonds. The second kappa shape index (κ2) is 7.39. The zero-order valence-corrected chi connectivity index (χ0v) is 21.4. The lowest BCUT2D eigenvalue weighted by atomic mass is 9.68. The van der Waals surface area contributed by atoms with Crippen LogP contribution in [-0.2, 0) is 17.6 Å². The maximum absolute atomic E-state index is 6.27. The molecule has 5 heterocycles. The van der Waals surface area contributed by atoms with Gasteiger partial charge in [0.05, 0.1) is 17.9 Å². The molecule has 178 valence electrons. The Morgan fingerprint density at radius 2 is 2.06 bits per heavy atom. The number of nitrogens with zero attached hydrogens (tertiary/aromatic N) is 4. The van der Waals surface area contributed by atoms with Gasteiger partial charge in [0.1, 0.15) is 11.2 Å². The van der Waals surface area contributed by atoms with Crippen LogP contribution < -0.4 is 0 Å². The van der Waals surface area contributed by atoms with E-state index in [1.165, 1.54) is 50.1 Å². The molecule has 34 heavy (non-hydrogen) atoms. The quantitative estimate of drug-likeness (QED) is 0.429. The molecule has 0 unspecified atom stereocenters. The van der Waals surface area contributed by atoms with E-state index in [4.69, 9.17) is 4.74 Å². The average Bonchev–Trinajstić information content (AvgIpc) is 3.55. The normalized spacial score (nSPS) is 25.1. The minimum absolute atomic E-state index is 0.0849. The van der Waals surface area contributed by atoms with Crippen LogP contribution in [-0.4, -0.2) is 56.8 Å². The number of ether oxygens (including phenoxy) is 1. The van der Waals surface area contributed by atoms with Crippen molar-refractivity contribution in [2.24, 2.45) is 0 Å². The first-order chi connectivity index (χ1) is 16.4. The fourth-order valence-corrected chi connectivity index (χ4v) is 8.32. The molecular formula is C27H33N5OS. The van der Waals surface area contributed by atoms with Crippen LogP contribution in [0.1, 0.15) is 72.1 Å². The number of morpholine rings is 1. The predicted molar refractivity (Wildman–Crippen MR) is 137 cm³/mol. The molecule has 1 saturated carbocycles. The Morgan fingerprint density at radius 3 is 2.85 bits per heavy atom. The van der Waals surface area contributed by atoms with Crippen LogP contribution in [0.4, 0.5) is 0 Å². The molecule has 1 saturated heterocycles. The van der Waals surface area contributed by atoms with Gasteiger partial charge in [-0.2, -0.15) is 5.10 Å². The van der Waals surface area contributed by atoms with E-state index < -0.39 is 0 Å². The monoisotopic (exact) mass is 475 g/mol. The predicted octanol–water partition coefficient (Wildman–Crippen LogP) is 5.44. The number of H-pyrrole nitrogens is 1. The SMILES string of the molecule is Cc1c2c(C(C)C)c(-c3cn4ncnc4c4c3CCC4)[nH]c2sc1[C@H]1C[C@]2(CN(C)CCO2)C1. The Labute approximate surface area is 204 Å². The van der Waals surface area contributed by atoms with Gasteiger partial charge >= 0.3 is 0 Å². The first kappa shape index (κ1) is 21.1. The summed E-state index contributed by atoms with van der Waals surface area (Å²) in [6.07, 6.45) is 9.62. The van der Waals surface area contributed by atoms with Gasteiger partial charge in [-0.25, -0.2) is 9.50 Å². The summed E-state index contributed by atoms with van der Waals surface area (Å²) in [5.41, 5.74) is 9.53. The third-order valence-electron chi connectivity index (χ3n) is 8.49. The van der Waals surface area contributed by atoms with Crippen LogP contribution in [0.5, 0.6) is 0 Å². The molecule has 0 aromatic carbocycles. The molecule has 1 aliphatic heterocycles. The van der Waals surface area contributed by atoms with Crippen LogP contribution in [0.2, 0.25) is 0 Å². The number of hydrogen-bond donors (Lipinski definition) is 1. The van der Waals surface area contributed by atoms with E-state index in [1.54, 1.807) is 11.2 Å². The van der Waals surface area contributed by atoms with Gasteiger partial charge in [-0.1, -0.05) is 13.8 Å². The van der Waals surface area contributed by atoms with E-state index in [0.29, 0.717) is 11.8 Å². The average molecular weight is 476 g/mol. The van der Waals surface area contributed by atoms with Gasteiger partial charge in [-0.05, 0) is 74.6 Å². The number of thiophene rings is 1. The van der Waals surface area contributed by atoms with E-state index in [2.05, 4.69) is 54.0 Å². The number of aromatic nitrogens is 4. The van der Waals surface area contributed by atoms with Gasteiger partial charge in [0.25, 0.3) is 0 Å². The number of fused-ring (bicyclic) bond motifs is 4. The molecule has 1 spiro atoms. The van der Waals surface area contributed by atoms with E-state index in [-0.39, 0.29) is 5.60 Å². The number of nitrogens with one attached hydrogen (secondary N) is 1. The smallest absolute Gasteiger partial charge is 0.158 e. The van der Waals surface area contributed by atoms with Crippen molar-refractivity contribution in [1.29, 1.82) is 0 Å². The summed E-state index contributed by atoms with van der Waals surface area (Å²) in [6, 6.07) is 0. The molecule has 0 atom stereocenters. The van der Waals surface area contributed by atoms with E-state index in [0.717, 1.165) is 51.0 Å². The highest BCUT2D eigenvalue weighted by Crippen LogP contribution is 2.54. The summed E-state index contributed by atoms with van der Waals surface area (Å²) < 4.78 is 8.25. The zero-order valence-electron chi connectivity index (χ0n) is 20.6. The molecule has 1 N–H and O–H groups in total. The van der Waals surface area contributed by atoms with Crippen LogP contribution in [0.15, 0.2) is 12.5 Å². The van der Waals surface area contributed by atoms with Crippen molar-refractivity contribution in [3.63, 3.8) is 0 Å². The lowest BCUT2D eigenvalue weighted by molar-refractivity contribution is -0.154. The van der Waals surface area contributed by atoms with Crippen LogP contribution in [0.3, 0.4) is 0 Å². The van der Waals surface area contributed by atoms with Crippen molar-refractivity contribution in [2.45, 2.75) is 70.3 Å². The van der Waals surface area contributed by atoms with Gasteiger partial charge in [-0.3, -0.25) is 0 Å². The minimum Gasteiger partial charge on any atom is -0.372 e. The molecule has 6 nitrogen and oxygen atoms in total. The second-order valence-electron chi connectivity index (χ2n) is 11.1. The van der Waals surface area contributed by atoms with Crippen molar-refractivity contribution < 1.29 is 4.74 Å². The van der Waals surface area contributed by atoms with Crippen molar-refractivity contribution in [1.82, 2.24) is 24.5 Å². The third-order valence-corrected chi connectivity index (χ3v) is 9.86. The number of pyridine rings is 1. The van der Waals surface area contributed by atoms with Gasteiger partial charge < -0.3 is 14.6 Å². The van der Waals surface area contributed by atoms with Crippen LogP contribution in [0.25, 0.3) is 27.1 Å². The number of aryl methyl sites for hydroxylation is 2. The molecule has 3 aliphatic rings. The Hall–Kier alpha value is -2.22. The summed E-state index contributed by atoms with van der Waals surface area (Å²) in [4.78, 5) is 13.8. The van der Waals surface area contributed by atoms with E-state index >= 15 is 0 Å². The van der Waals surface area contributed by atoms with Crippen molar-refractivity contribution in [2.75, 3.05) is 26.7 Å². The zero-order chi connectivity index (χ0) is 23.2. The molecule has 0 radical (unpaired) electrons. The van der Waals surface area contributed by atoms with Crippen LogP contribution >= 0.6 is 11.3 Å². The van der Waals surface area contributed by atoms with Gasteiger partial charge in [-0.15, -0.1) is 11.3 Å². The van der Waals surface area contributed by atoms with Gasteiger partial charge in [0.2, 0.25) is 0 Å². The standard InChI is InChI=1S/C27H33N5OS/c1-15(2)21-22-16(3)24(17-10-27(11-17)13-31(4)8-9-33-27)34-26(22)30-23(21)20-12-32-25(28-14-29-32)19-7-5-6-18(19)20/h12,14-15,17,30H,5-11,13H2,1-4H3/t17-,27+. The topological polar surface area (TPSA) is 58.5 Å². The minimum atomic E-state index is 0.0849. The Balaban J connectivity index is 1.32. The number of rotatable bonds is 3. The number of aromatic amines is 1. The Morgan fingerprint density at radius 1 is 1.24 bits per heavy atom. The lowest BCUT2D eigenvalue weighted by Gasteiger charge is -2.51. The summed E-state index contributed by atoms with van der Waals surface area (Å²) in [5, 5.41) is 5.95. The number of likely N-dealkylation sites (N-methyl/N-ethyl adjacent to an activating group) is 1. The van der Waals surface area contributed by atoms with E-state index in [1.807, 2.05) is 15.9 Å². The second-order valence-corrected chi connectivity index (χ2v) is 12.2. The first-order valence-corrected chi connectivity index (χ1v) is 13.6. The first-order valence-electron chi connectivity index (χ1n) is 12.8. The van der Waals surface area contributed by atoms with Gasteiger partial charge in [0.15, 0.2) is 5.65 Å². The molecule has 4 aromatic rings. The summed E-state index contributed by atoms with van der Waals surface area (Å²) in [7, 11) is 2.22. The Bertz CT molecular complexity index is 1420. The molecule has 0 bridgehead atoms. The molecule has 2 fully saturated rings. The molecule has 4 aromatic heterocycles. The largest absolute Gasteiger partial charge is 0.372 e. The number of hydrogen-bond acceptors (Lipinski definition) is 5. The fourth-order valence-electron chi connectivity index (χ4n) is 7.00. The highest BCUT2D eigenvalue weighted by atomic mass is 32.1. The molecule has 2 aliphatic carbocycles.